The summed E-state index contributed by atoms with van der Waals surface area (Å²) in [7, 11) is -0.491. The number of nitrogens with zero attached hydrogens (tertiary/aromatic N) is 1. The Morgan fingerprint density at radius 1 is 0.943 bits per heavy atom. The van der Waals surface area contributed by atoms with Crippen LogP contribution in [0.5, 0.6) is 0 Å². The standard InChI is InChI=1S/C26H30BN3O5/c1-25(2)26(3,4)35-27(34-25)21-10-11-22-19(15-21)14-20(16-30-22)23(31)28-12-13-29-24(32)33-17-18-8-6-5-7-9-18/h5-11,14-16H,12-13,17H2,1-4H3,(H,28,31)(H,29,32). The molecule has 2 amide bonds. The molecule has 0 atom stereocenters. The van der Waals surface area contributed by atoms with E-state index in [4.69, 9.17) is 14.0 Å². The molecule has 0 radical (unpaired) electrons. The lowest BCUT2D eigenvalue weighted by atomic mass is 9.78. The Hall–Kier alpha value is -3.43. The average Bonchev–Trinajstić information content (AvgIpc) is 3.07. The number of hydrogen-bond donors (Lipinski definition) is 2. The summed E-state index contributed by atoms with van der Waals surface area (Å²) in [5.74, 6) is -0.278. The molecule has 2 N–H and O–H groups in total. The number of ether oxygens (including phenoxy) is 1. The molecular formula is C26H30BN3O5. The largest absolute Gasteiger partial charge is 0.494 e. The predicted octanol–water partition coefficient (Wildman–Crippen LogP) is 3.19. The zero-order valence-corrected chi connectivity index (χ0v) is 20.5. The Kier molecular flexibility index (Phi) is 7.09. The number of nitrogens with one attached hydrogen (secondary N) is 2. The molecule has 1 aromatic heterocycles. The maximum absolute atomic E-state index is 12.6. The second-order valence-electron chi connectivity index (χ2n) is 9.51. The summed E-state index contributed by atoms with van der Waals surface area (Å²) < 4.78 is 17.4. The van der Waals surface area contributed by atoms with Gasteiger partial charge in [0.2, 0.25) is 0 Å². The van der Waals surface area contributed by atoms with Crippen molar-refractivity contribution < 1.29 is 23.6 Å². The minimum absolute atomic E-state index is 0.190. The number of pyridine rings is 1. The molecule has 0 aliphatic carbocycles. The first-order valence-corrected chi connectivity index (χ1v) is 11.6. The molecule has 35 heavy (non-hydrogen) atoms. The van der Waals surface area contributed by atoms with Crippen LogP contribution in [0.4, 0.5) is 4.79 Å². The van der Waals surface area contributed by atoms with Gasteiger partial charge in [0.15, 0.2) is 0 Å². The lowest BCUT2D eigenvalue weighted by Gasteiger charge is -2.32. The highest BCUT2D eigenvalue weighted by atomic mass is 16.7. The van der Waals surface area contributed by atoms with Crippen molar-refractivity contribution in [3.05, 3.63) is 71.9 Å². The molecule has 1 fully saturated rings. The molecule has 0 unspecified atom stereocenters. The van der Waals surface area contributed by atoms with Gasteiger partial charge in [-0.2, -0.15) is 0 Å². The molecule has 2 heterocycles. The molecule has 1 aliphatic heterocycles. The number of carbonyl (C=O) groups is 2. The van der Waals surface area contributed by atoms with E-state index in [0.29, 0.717) is 5.56 Å². The molecule has 1 saturated heterocycles. The van der Waals surface area contributed by atoms with E-state index < -0.39 is 24.4 Å². The van der Waals surface area contributed by atoms with Crippen LogP contribution in [0.15, 0.2) is 60.8 Å². The molecule has 4 rings (SSSR count). The number of carbonyl (C=O) groups excluding carboxylic acids is 2. The van der Waals surface area contributed by atoms with Crippen LogP contribution in [-0.2, 0) is 20.7 Å². The fourth-order valence-corrected chi connectivity index (χ4v) is 3.62. The van der Waals surface area contributed by atoms with Gasteiger partial charge in [-0.15, -0.1) is 0 Å². The van der Waals surface area contributed by atoms with E-state index in [9.17, 15) is 9.59 Å². The fraction of sp³-hybridized carbons (Fsp3) is 0.346. The van der Waals surface area contributed by atoms with Gasteiger partial charge >= 0.3 is 13.2 Å². The monoisotopic (exact) mass is 475 g/mol. The van der Waals surface area contributed by atoms with Gasteiger partial charge < -0.3 is 24.7 Å². The highest BCUT2D eigenvalue weighted by molar-refractivity contribution is 6.62. The second-order valence-corrected chi connectivity index (χ2v) is 9.51. The molecule has 9 heteroatoms. The van der Waals surface area contributed by atoms with E-state index in [1.54, 1.807) is 6.07 Å². The van der Waals surface area contributed by atoms with Crippen LogP contribution in [0, 0.1) is 0 Å². The molecular weight excluding hydrogens is 445 g/mol. The fourth-order valence-electron chi connectivity index (χ4n) is 3.62. The van der Waals surface area contributed by atoms with Crippen molar-refractivity contribution in [2.45, 2.75) is 45.5 Å². The summed E-state index contributed by atoms with van der Waals surface area (Å²) in [5, 5.41) is 6.22. The number of hydrogen-bond acceptors (Lipinski definition) is 6. The molecule has 0 spiro atoms. The molecule has 0 saturated carbocycles. The third-order valence-corrected chi connectivity index (χ3v) is 6.39. The highest BCUT2D eigenvalue weighted by Crippen LogP contribution is 2.36. The van der Waals surface area contributed by atoms with Crippen molar-refractivity contribution in [3.63, 3.8) is 0 Å². The number of rotatable bonds is 7. The normalized spacial score (nSPS) is 16.2. The van der Waals surface area contributed by atoms with E-state index in [1.165, 1.54) is 6.20 Å². The molecule has 0 bridgehead atoms. The van der Waals surface area contributed by atoms with Crippen LogP contribution >= 0.6 is 0 Å². The zero-order valence-electron chi connectivity index (χ0n) is 20.5. The van der Waals surface area contributed by atoms with Crippen LogP contribution in [0.25, 0.3) is 10.9 Å². The summed E-state index contributed by atoms with van der Waals surface area (Å²) >= 11 is 0. The summed E-state index contributed by atoms with van der Waals surface area (Å²) in [5.41, 5.74) is 2.10. The lowest BCUT2D eigenvalue weighted by Crippen LogP contribution is -2.41. The summed E-state index contributed by atoms with van der Waals surface area (Å²) in [6.45, 7) is 8.73. The van der Waals surface area contributed by atoms with Crippen molar-refractivity contribution in [2.75, 3.05) is 13.1 Å². The molecule has 2 aromatic carbocycles. The molecule has 182 valence electrons. The third-order valence-electron chi connectivity index (χ3n) is 6.39. The topological polar surface area (TPSA) is 98.8 Å². The first-order valence-electron chi connectivity index (χ1n) is 11.6. The minimum Gasteiger partial charge on any atom is -0.445 e. The maximum atomic E-state index is 12.6. The van der Waals surface area contributed by atoms with Crippen molar-refractivity contribution >= 4 is 35.5 Å². The van der Waals surface area contributed by atoms with E-state index in [2.05, 4.69) is 15.6 Å². The van der Waals surface area contributed by atoms with Gasteiger partial charge in [-0.05, 0) is 50.9 Å². The lowest BCUT2D eigenvalue weighted by molar-refractivity contribution is 0.00578. The van der Waals surface area contributed by atoms with Gasteiger partial charge in [0.25, 0.3) is 5.91 Å². The average molecular weight is 475 g/mol. The van der Waals surface area contributed by atoms with Gasteiger partial charge in [-0.25, -0.2) is 4.79 Å². The first-order chi connectivity index (χ1) is 16.6. The maximum Gasteiger partial charge on any atom is 0.494 e. The van der Waals surface area contributed by atoms with Crippen LogP contribution in [0.1, 0.15) is 43.6 Å². The van der Waals surface area contributed by atoms with Gasteiger partial charge in [0.05, 0.1) is 22.3 Å². The van der Waals surface area contributed by atoms with Crippen molar-refractivity contribution in [1.82, 2.24) is 15.6 Å². The van der Waals surface area contributed by atoms with Crippen LogP contribution in [0.3, 0.4) is 0 Å². The van der Waals surface area contributed by atoms with Gasteiger partial charge in [-0.1, -0.05) is 42.5 Å². The Labute approximate surface area is 205 Å². The minimum atomic E-state index is -0.536. The van der Waals surface area contributed by atoms with Crippen molar-refractivity contribution in [2.24, 2.45) is 0 Å². The van der Waals surface area contributed by atoms with E-state index in [1.807, 2.05) is 76.2 Å². The molecule has 1 aliphatic rings. The Bertz CT molecular complexity index is 1200. The smallest absolute Gasteiger partial charge is 0.445 e. The van der Waals surface area contributed by atoms with Crippen LogP contribution < -0.4 is 16.1 Å². The zero-order chi connectivity index (χ0) is 25.1. The van der Waals surface area contributed by atoms with E-state index in [0.717, 1.165) is 21.9 Å². The Morgan fingerprint density at radius 3 is 2.34 bits per heavy atom. The third kappa shape index (κ3) is 5.81. The SMILES string of the molecule is CC1(C)OB(c2ccc3ncc(C(=O)NCCNC(=O)OCc4ccccc4)cc3c2)OC1(C)C. The number of alkyl carbamates (subject to hydrolysis) is 1. The quantitative estimate of drug-likeness (QED) is 0.402. The van der Waals surface area contributed by atoms with Crippen molar-refractivity contribution in [1.29, 1.82) is 0 Å². The number of fused-ring (bicyclic) bond motifs is 1. The predicted molar refractivity (Wildman–Crippen MR) is 134 cm³/mol. The number of amides is 2. The van der Waals surface area contributed by atoms with E-state index >= 15 is 0 Å². The van der Waals surface area contributed by atoms with Crippen molar-refractivity contribution in [3.8, 4) is 0 Å². The van der Waals surface area contributed by atoms with Crippen LogP contribution in [-0.4, -0.2) is 48.4 Å². The van der Waals surface area contributed by atoms with Gasteiger partial charge in [-0.3, -0.25) is 9.78 Å². The summed E-state index contributed by atoms with van der Waals surface area (Å²) in [6.07, 6.45) is 0.999. The second kappa shape index (κ2) is 10.1. The van der Waals surface area contributed by atoms with Crippen LogP contribution in [0.2, 0.25) is 0 Å². The van der Waals surface area contributed by atoms with Gasteiger partial charge in [0, 0.05) is 24.7 Å². The molecule has 8 nitrogen and oxygen atoms in total. The Morgan fingerprint density at radius 2 is 1.63 bits per heavy atom. The summed E-state index contributed by atoms with van der Waals surface area (Å²) in [4.78, 5) is 28.8. The summed E-state index contributed by atoms with van der Waals surface area (Å²) in [6, 6.07) is 17.0. The van der Waals surface area contributed by atoms with Gasteiger partial charge in [0.1, 0.15) is 6.61 Å². The number of aromatic nitrogens is 1. The number of benzene rings is 2. The van der Waals surface area contributed by atoms with E-state index in [-0.39, 0.29) is 25.6 Å². The molecule has 3 aromatic rings. The first kappa shape index (κ1) is 24.7. The Balaban J connectivity index is 1.30. The highest BCUT2D eigenvalue weighted by Gasteiger charge is 2.51.